The molecule has 0 aliphatic carbocycles. The molecule has 0 bridgehead atoms. The van der Waals surface area contributed by atoms with Crippen molar-refractivity contribution >= 4 is 93.9 Å². The topological polar surface area (TPSA) is 47.6 Å². The standard InChI is InChI=1S/C50H30N2O3/c1-2-11-32(12-3-1)52-43-18-7-4-15-41(43)50-48(52)42-17-10-16-36(49(42)55-50)31-21-23-33(24-22-31)51(34-25-27-39-37-13-5-8-19-44(37)53-46(39)29-34)35-26-28-40-38-14-6-9-20-45(38)54-47(40)30-35/h1-30H. The van der Waals surface area contributed by atoms with Crippen LogP contribution in [-0.2, 0) is 0 Å². The minimum Gasteiger partial charge on any atom is -0.456 e. The van der Waals surface area contributed by atoms with Crippen molar-refractivity contribution in [1.82, 2.24) is 4.57 Å². The Hall–Kier alpha value is -7.50. The van der Waals surface area contributed by atoms with Crippen LogP contribution in [0.25, 0.3) is 93.7 Å². The van der Waals surface area contributed by atoms with Crippen molar-refractivity contribution in [2.45, 2.75) is 0 Å². The smallest absolute Gasteiger partial charge is 0.161 e. The molecule has 0 fully saturated rings. The van der Waals surface area contributed by atoms with Crippen molar-refractivity contribution in [3.8, 4) is 16.8 Å². The van der Waals surface area contributed by atoms with Gasteiger partial charge >= 0.3 is 0 Å². The first kappa shape index (κ1) is 30.0. The highest BCUT2D eigenvalue weighted by atomic mass is 16.3. The van der Waals surface area contributed by atoms with Crippen LogP contribution in [0.15, 0.2) is 195 Å². The normalized spacial score (nSPS) is 12.0. The SMILES string of the molecule is c1ccc(-n2c3ccccc3c3oc4c(-c5ccc(N(c6ccc7c(c6)oc6ccccc67)c6ccc7c(c6)oc6ccccc67)cc5)cccc4c32)cc1. The van der Waals surface area contributed by atoms with Crippen molar-refractivity contribution in [2.75, 3.05) is 4.90 Å². The number of benzene rings is 8. The van der Waals surface area contributed by atoms with Crippen LogP contribution in [-0.4, -0.2) is 4.57 Å². The van der Waals surface area contributed by atoms with Crippen LogP contribution in [0.4, 0.5) is 17.1 Å². The molecule has 0 aliphatic rings. The third kappa shape index (κ3) is 4.47. The van der Waals surface area contributed by atoms with E-state index in [0.717, 1.165) is 111 Å². The Kier molecular flexibility index (Phi) is 6.27. The molecule has 0 N–H and O–H groups in total. The summed E-state index contributed by atoms with van der Waals surface area (Å²) in [6.07, 6.45) is 0. The monoisotopic (exact) mass is 706 g/mol. The maximum Gasteiger partial charge on any atom is 0.161 e. The molecular formula is C50H30N2O3. The summed E-state index contributed by atoms with van der Waals surface area (Å²) >= 11 is 0. The van der Waals surface area contributed by atoms with Gasteiger partial charge in [-0.1, -0.05) is 91.0 Å². The third-order valence-corrected chi connectivity index (χ3v) is 11.0. The van der Waals surface area contributed by atoms with E-state index in [9.17, 15) is 0 Å². The molecule has 0 amide bonds. The number of anilines is 3. The van der Waals surface area contributed by atoms with E-state index in [0.29, 0.717) is 0 Å². The molecule has 0 saturated carbocycles. The van der Waals surface area contributed by atoms with E-state index in [1.165, 1.54) is 0 Å². The lowest BCUT2D eigenvalue weighted by Crippen LogP contribution is -2.09. The van der Waals surface area contributed by atoms with Gasteiger partial charge in [0.05, 0.1) is 5.52 Å². The summed E-state index contributed by atoms with van der Waals surface area (Å²) in [5.41, 5.74) is 13.6. The van der Waals surface area contributed by atoms with Gasteiger partial charge in [0.1, 0.15) is 33.4 Å². The van der Waals surface area contributed by atoms with Crippen molar-refractivity contribution in [1.29, 1.82) is 0 Å². The molecule has 0 spiro atoms. The van der Waals surface area contributed by atoms with Crippen molar-refractivity contribution in [2.24, 2.45) is 0 Å². The number of aromatic nitrogens is 1. The van der Waals surface area contributed by atoms with Gasteiger partial charge in [-0.2, -0.15) is 0 Å². The van der Waals surface area contributed by atoms with Gasteiger partial charge < -0.3 is 22.7 Å². The van der Waals surface area contributed by atoms with E-state index >= 15 is 0 Å². The van der Waals surface area contributed by atoms with Crippen molar-refractivity contribution in [3.05, 3.63) is 182 Å². The minimum absolute atomic E-state index is 0.841. The maximum atomic E-state index is 6.85. The minimum atomic E-state index is 0.841. The van der Waals surface area contributed by atoms with E-state index < -0.39 is 0 Å². The second-order valence-corrected chi connectivity index (χ2v) is 14.1. The molecule has 0 aliphatic heterocycles. The fourth-order valence-electron chi connectivity index (χ4n) is 8.51. The number of furan rings is 3. The summed E-state index contributed by atoms with van der Waals surface area (Å²) < 4.78 is 21.9. The second-order valence-electron chi connectivity index (χ2n) is 14.1. The molecule has 258 valence electrons. The van der Waals surface area contributed by atoms with Gasteiger partial charge in [0.2, 0.25) is 0 Å². The Balaban J connectivity index is 1.02. The fourth-order valence-corrected chi connectivity index (χ4v) is 8.51. The molecule has 4 heterocycles. The van der Waals surface area contributed by atoms with Crippen LogP contribution >= 0.6 is 0 Å². The van der Waals surface area contributed by atoms with E-state index in [-0.39, 0.29) is 0 Å². The average Bonchev–Trinajstić information content (AvgIpc) is 3.99. The first-order valence-electron chi connectivity index (χ1n) is 18.5. The van der Waals surface area contributed by atoms with Gasteiger partial charge in [0.15, 0.2) is 5.58 Å². The molecule has 8 aromatic carbocycles. The number of fused-ring (bicyclic) bond motifs is 11. The first-order chi connectivity index (χ1) is 27.3. The number of rotatable bonds is 5. The Labute approximate surface area is 314 Å². The zero-order valence-corrected chi connectivity index (χ0v) is 29.4. The third-order valence-electron chi connectivity index (χ3n) is 11.0. The summed E-state index contributed by atoms with van der Waals surface area (Å²) in [4.78, 5) is 2.26. The second kappa shape index (κ2) is 11.5. The summed E-state index contributed by atoms with van der Waals surface area (Å²) in [6.45, 7) is 0. The Bertz CT molecular complexity index is 3320. The van der Waals surface area contributed by atoms with Crippen LogP contribution < -0.4 is 4.90 Å². The quantitative estimate of drug-likeness (QED) is 0.179. The highest BCUT2D eigenvalue weighted by Gasteiger charge is 2.22. The number of hydrogen-bond donors (Lipinski definition) is 0. The zero-order valence-electron chi connectivity index (χ0n) is 29.4. The predicted octanol–water partition coefficient (Wildman–Crippen LogP) is 14.5. The maximum absolute atomic E-state index is 6.85. The lowest BCUT2D eigenvalue weighted by molar-refractivity contribution is 0.669. The molecule has 0 atom stereocenters. The van der Waals surface area contributed by atoms with E-state index in [1.54, 1.807) is 0 Å². The average molecular weight is 707 g/mol. The lowest BCUT2D eigenvalue weighted by Gasteiger charge is -2.25. The lowest BCUT2D eigenvalue weighted by atomic mass is 10.0. The Morgan fingerprint density at radius 2 is 0.909 bits per heavy atom. The molecule has 0 radical (unpaired) electrons. The summed E-state index contributed by atoms with van der Waals surface area (Å²) in [5.74, 6) is 0. The molecule has 12 aromatic rings. The molecule has 0 unspecified atom stereocenters. The van der Waals surface area contributed by atoms with Gasteiger partial charge in [-0.25, -0.2) is 0 Å². The molecule has 4 aromatic heterocycles. The van der Waals surface area contributed by atoms with E-state index in [4.69, 9.17) is 13.3 Å². The van der Waals surface area contributed by atoms with Gasteiger partial charge in [-0.15, -0.1) is 0 Å². The molecule has 5 nitrogen and oxygen atoms in total. The van der Waals surface area contributed by atoms with Gasteiger partial charge in [-0.3, -0.25) is 0 Å². The Morgan fingerprint density at radius 1 is 0.364 bits per heavy atom. The highest BCUT2D eigenvalue weighted by molar-refractivity contribution is 6.18. The molecule has 55 heavy (non-hydrogen) atoms. The number of nitrogens with zero attached hydrogens (tertiary/aromatic N) is 2. The van der Waals surface area contributed by atoms with Crippen molar-refractivity contribution in [3.63, 3.8) is 0 Å². The molecular weight excluding hydrogens is 677 g/mol. The van der Waals surface area contributed by atoms with Crippen LogP contribution in [0, 0.1) is 0 Å². The van der Waals surface area contributed by atoms with Crippen LogP contribution in [0.3, 0.4) is 0 Å². The Morgan fingerprint density at radius 3 is 1.58 bits per heavy atom. The van der Waals surface area contributed by atoms with Gasteiger partial charge in [0.25, 0.3) is 0 Å². The van der Waals surface area contributed by atoms with Crippen LogP contribution in [0.1, 0.15) is 0 Å². The van der Waals surface area contributed by atoms with Crippen molar-refractivity contribution < 1.29 is 13.3 Å². The predicted molar refractivity (Wildman–Crippen MR) is 225 cm³/mol. The zero-order chi connectivity index (χ0) is 36.0. The molecule has 5 heteroatoms. The first-order valence-corrected chi connectivity index (χ1v) is 18.5. The highest BCUT2D eigenvalue weighted by Crippen LogP contribution is 2.44. The largest absolute Gasteiger partial charge is 0.456 e. The molecule has 0 saturated heterocycles. The van der Waals surface area contributed by atoms with E-state index in [2.05, 4.69) is 167 Å². The summed E-state index contributed by atoms with van der Waals surface area (Å²) in [6, 6.07) is 63.5. The summed E-state index contributed by atoms with van der Waals surface area (Å²) in [5, 5.41) is 6.58. The van der Waals surface area contributed by atoms with Crippen LogP contribution in [0.2, 0.25) is 0 Å². The van der Waals surface area contributed by atoms with Gasteiger partial charge in [-0.05, 0) is 84.4 Å². The molecule has 12 rings (SSSR count). The van der Waals surface area contributed by atoms with Crippen LogP contribution in [0.5, 0.6) is 0 Å². The number of hydrogen-bond acceptors (Lipinski definition) is 4. The number of para-hydroxylation sites is 5. The van der Waals surface area contributed by atoms with Gasteiger partial charge in [0, 0.05) is 72.8 Å². The fraction of sp³-hybridized carbons (Fsp3) is 0. The van der Waals surface area contributed by atoms with E-state index in [1.807, 2.05) is 24.3 Å². The summed E-state index contributed by atoms with van der Waals surface area (Å²) in [7, 11) is 0.